The Labute approximate surface area is 149 Å². The van der Waals surface area contributed by atoms with E-state index in [0.29, 0.717) is 29.2 Å². The molecule has 1 N–H and O–H groups in total. The van der Waals surface area contributed by atoms with Gasteiger partial charge in [-0.1, -0.05) is 6.92 Å². The maximum absolute atomic E-state index is 12.3. The van der Waals surface area contributed by atoms with Crippen molar-refractivity contribution in [3.05, 3.63) is 53.2 Å². The third kappa shape index (κ3) is 3.53. The largest absolute Gasteiger partial charge is 0.462 e. The van der Waals surface area contributed by atoms with Gasteiger partial charge in [-0.05, 0) is 37.3 Å². The van der Waals surface area contributed by atoms with Gasteiger partial charge in [-0.25, -0.2) is 4.79 Å². The van der Waals surface area contributed by atoms with Gasteiger partial charge in [0, 0.05) is 35.5 Å². The van der Waals surface area contributed by atoms with Gasteiger partial charge < -0.3 is 10.1 Å². The predicted octanol–water partition coefficient (Wildman–Crippen LogP) is 4.81. The monoisotopic (exact) mass is 354 g/mol. The molecule has 0 fully saturated rings. The molecular formula is C19H18N2O3S. The molecule has 2 heterocycles. The Kier molecular flexibility index (Phi) is 5.09. The van der Waals surface area contributed by atoms with E-state index in [0.717, 1.165) is 15.8 Å². The lowest BCUT2D eigenvalue weighted by Gasteiger charge is -2.09. The van der Waals surface area contributed by atoms with Gasteiger partial charge in [0.1, 0.15) is 4.88 Å². The molecule has 0 spiro atoms. The number of hydrogen-bond acceptors (Lipinski definition) is 6. The van der Waals surface area contributed by atoms with Crippen molar-refractivity contribution in [2.45, 2.75) is 20.3 Å². The molecule has 2 aromatic heterocycles. The highest BCUT2D eigenvalue weighted by Crippen LogP contribution is 2.37. The van der Waals surface area contributed by atoms with E-state index in [2.05, 4.69) is 10.3 Å². The van der Waals surface area contributed by atoms with Crippen molar-refractivity contribution in [1.29, 1.82) is 0 Å². The first-order valence-electron chi connectivity index (χ1n) is 8.08. The molecule has 0 saturated carbocycles. The van der Waals surface area contributed by atoms with Crippen LogP contribution in [0.1, 0.15) is 40.3 Å². The average Bonchev–Trinajstić information content (AvgIpc) is 3.01. The second-order valence-electron chi connectivity index (χ2n) is 5.38. The number of anilines is 2. The van der Waals surface area contributed by atoms with Crippen LogP contribution in [0.25, 0.3) is 10.1 Å². The number of nitrogens with one attached hydrogen (secondary N) is 1. The van der Waals surface area contributed by atoms with Gasteiger partial charge >= 0.3 is 5.97 Å². The van der Waals surface area contributed by atoms with Crippen molar-refractivity contribution in [2.24, 2.45) is 0 Å². The number of hydrogen-bond donors (Lipinski definition) is 1. The Morgan fingerprint density at radius 3 is 2.60 bits per heavy atom. The minimum atomic E-state index is -0.357. The number of nitrogens with zero attached hydrogens (tertiary/aromatic N) is 1. The van der Waals surface area contributed by atoms with Gasteiger partial charge in [0.15, 0.2) is 5.78 Å². The number of benzene rings is 1. The van der Waals surface area contributed by atoms with Crippen LogP contribution in [-0.4, -0.2) is 23.3 Å². The van der Waals surface area contributed by atoms with E-state index < -0.39 is 0 Å². The first kappa shape index (κ1) is 17.1. The molecule has 128 valence electrons. The molecule has 0 aliphatic rings. The smallest absolute Gasteiger partial charge is 0.350 e. The quantitative estimate of drug-likeness (QED) is 0.508. The van der Waals surface area contributed by atoms with E-state index in [1.165, 1.54) is 11.3 Å². The third-order valence-electron chi connectivity index (χ3n) is 3.75. The lowest BCUT2D eigenvalue weighted by Crippen LogP contribution is -2.05. The minimum Gasteiger partial charge on any atom is -0.462 e. The Balaban J connectivity index is 1.98. The Hall–Kier alpha value is -2.73. The molecular weight excluding hydrogens is 336 g/mol. The molecule has 0 amide bonds. The van der Waals surface area contributed by atoms with Crippen LogP contribution in [0.3, 0.4) is 0 Å². The maximum Gasteiger partial charge on any atom is 0.350 e. The molecule has 0 unspecified atom stereocenters. The number of carbonyl (C=O) groups is 2. The second kappa shape index (κ2) is 7.44. The predicted molar refractivity (Wildman–Crippen MR) is 99.9 cm³/mol. The van der Waals surface area contributed by atoms with Crippen molar-refractivity contribution in [2.75, 3.05) is 11.9 Å². The molecule has 1 aromatic carbocycles. The topological polar surface area (TPSA) is 68.3 Å². The third-order valence-corrected chi connectivity index (χ3v) is 4.87. The van der Waals surface area contributed by atoms with Crippen molar-refractivity contribution < 1.29 is 14.3 Å². The summed E-state index contributed by atoms with van der Waals surface area (Å²) in [7, 11) is 0. The van der Waals surface area contributed by atoms with E-state index in [1.807, 2.05) is 25.1 Å². The number of ether oxygens (including phenoxy) is 1. The van der Waals surface area contributed by atoms with Crippen molar-refractivity contribution >= 4 is 44.6 Å². The molecule has 0 saturated heterocycles. The molecule has 0 aliphatic heterocycles. The number of aromatic nitrogens is 1. The van der Waals surface area contributed by atoms with Gasteiger partial charge in [0.05, 0.1) is 17.0 Å². The number of esters is 1. The lowest BCUT2D eigenvalue weighted by atomic mass is 10.1. The Morgan fingerprint density at radius 1 is 1.16 bits per heavy atom. The first-order valence-corrected chi connectivity index (χ1v) is 8.89. The summed E-state index contributed by atoms with van der Waals surface area (Å²) in [5.41, 5.74) is 2.18. The summed E-state index contributed by atoms with van der Waals surface area (Å²) in [6.07, 6.45) is 3.90. The van der Waals surface area contributed by atoms with Crippen LogP contribution in [0.15, 0.2) is 42.7 Å². The fourth-order valence-corrected chi connectivity index (χ4v) is 3.52. The molecule has 5 nitrogen and oxygen atoms in total. The summed E-state index contributed by atoms with van der Waals surface area (Å²) >= 11 is 1.35. The summed E-state index contributed by atoms with van der Waals surface area (Å²) in [6.45, 7) is 3.94. The number of carbonyl (C=O) groups excluding carboxylic acids is 2. The summed E-state index contributed by atoms with van der Waals surface area (Å²) in [4.78, 5) is 28.7. The fourth-order valence-electron chi connectivity index (χ4n) is 2.50. The highest BCUT2D eigenvalue weighted by Gasteiger charge is 2.20. The van der Waals surface area contributed by atoms with E-state index >= 15 is 0 Å². The van der Waals surface area contributed by atoms with Crippen molar-refractivity contribution in [3.63, 3.8) is 0 Å². The summed E-state index contributed by atoms with van der Waals surface area (Å²) in [5.74, 6) is -0.255. The van der Waals surface area contributed by atoms with Crippen molar-refractivity contribution in [1.82, 2.24) is 4.98 Å². The number of Topliss-reactive ketones (excluding diaryl/α,β-unsaturated/α-hetero) is 1. The van der Waals surface area contributed by atoms with E-state index in [4.69, 9.17) is 4.74 Å². The van der Waals surface area contributed by atoms with Gasteiger partial charge in [-0.2, -0.15) is 0 Å². The van der Waals surface area contributed by atoms with Crippen LogP contribution in [0, 0.1) is 0 Å². The average molecular weight is 354 g/mol. The summed E-state index contributed by atoms with van der Waals surface area (Å²) in [5, 5.41) is 4.20. The van der Waals surface area contributed by atoms with Gasteiger partial charge in [0.25, 0.3) is 0 Å². The zero-order valence-corrected chi connectivity index (χ0v) is 14.9. The van der Waals surface area contributed by atoms with Crippen LogP contribution in [-0.2, 0) is 4.74 Å². The highest BCUT2D eigenvalue weighted by atomic mass is 32.1. The van der Waals surface area contributed by atoms with E-state index in [1.54, 1.807) is 31.5 Å². The first-order chi connectivity index (χ1) is 12.1. The Bertz CT molecular complexity index is 916. The van der Waals surface area contributed by atoms with Crippen LogP contribution in [0.5, 0.6) is 0 Å². The highest BCUT2D eigenvalue weighted by molar-refractivity contribution is 7.21. The molecule has 0 aliphatic carbocycles. The van der Waals surface area contributed by atoms with Crippen LogP contribution >= 0.6 is 11.3 Å². The maximum atomic E-state index is 12.3. The lowest BCUT2D eigenvalue weighted by molar-refractivity contribution is 0.0533. The summed E-state index contributed by atoms with van der Waals surface area (Å²) in [6, 6.07) is 9.11. The standard InChI is InChI=1S/C19H18N2O3S/c1-3-15(22)12-5-7-13(8-6-12)21-17-14-9-10-20-11-16(14)25-18(17)19(23)24-4-2/h5-11,21H,3-4H2,1-2H3. The molecule has 0 atom stereocenters. The zero-order chi connectivity index (χ0) is 17.8. The van der Waals surface area contributed by atoms with Gasteiger partial charge in [0.2, 0.25) is 0 Å². The number of pyridine rings is 1. The minimum absolute atomic E-state index is 0.103. The van der Waals surface area contributed by atoms with E-state index in [-0.39, 0.29) is 11.8 Å². The van der Waals surface area contributed by atoms with Gasteiger partial charge in [-0.15, -0.1) is 11.3 Å². The molecule has 25 heavy (non-hydrogen) atoms. The SMILES string of the molecule is CCOC(=O)c1sc2cnccc2c1Nc1ccc(C(=O)CC)cc1. The molecule has 3 aromatic rings. The van der Waals surface area contributed by atoms with Gasteiger partial charge in [-0.3, -0.25) is 9.78 Å². The fraction of sp³-hybridized carbons (Fsp3) is 0.211. The molecule has 0 radical (unpaired) electrons. The zero-order valence-electron chi connectivity index (χ0n) is 14.0. The summed E-state index contributed by atoms with van der Waals surface area (Å²) < 4.78 is 6.08. The number of ketones is 1. The number of rotatable bonds is 6. The molecule has 0 bridgehead atoms. The van der Waals surface area contributed by atoms with Crippen LogP contribution in [0.2, 0.25) is 0 Å². The van der Waals surface area contributed by atoms with Crippen molar-refractivity contribution in [3.8, 4) is 0 Å². The normalized spacial score (nSPS) is 10.6. The van der Waals surface area contributed by atoms with Crippen LogP contribution < -0.4 is 5.32 Å². The molecule has 6 heteroatoms. The number of thiophene rings is 1. The van der Waals surface area contributed by atoms with Crippen LogP contribution in [0.4, 0.5) is 11.4 Å². The van der Waals surface area contributed by atoms with E-state index in [9.17, 15) is 9.59 Å². The number of fused-ring (bicyclic) bond motifs is 1. The second-order valence-corrected chi connectivity index (χ2v) is 6.43. The molecule has 3 rings (SSSR count). The Morgan fingerprint density at radius 2 is 1.92 bits per heavy atom.